The number of amides is 1. The van der Waals surface area contributed by atoms with Crippen LogP contribution < -0.4 is 0 Å². The van der Waals surface area contributed by atoms with Crippen LogP contribution in [0.1, 0.15) is 61.9 Å². The zero-order valence-electron chi connectivity index (χ0n) is 14.1. The van der Waals surface area contributed by atoms with Gasteiger partial charge >= 0.3 is 0 Å². The van der Waals surface area contributed by atoms with Gasteiger partial charge in [0.2, 0.25) is 0 Å². The third kappa shape index (κ3) is 4.53. The summed E-state index contributed by atoms with van der Waals surface area (Å²) in [5.74, 6) is 0.621. The molecule has 0 N–H and O–H groups in total. The summed E-state index contributed by atoms with van der Waals surface area (Å²) in [5, 5.41) is 8.23. The van der Waals surface area contributed by atoms with Crippen LogP contribution in [-0.2, 0) is 11.3 Å². The van der Waals surface area contributed by atoms with Crippen LogP contribution in [0.4, 0.5) is 0 Å². The minimum absolute atomic E-state index is 0.0610. The average Bonchev–Trinajstić information content (AvgIpc) is 3.04. The zero-order chi connectivity index (χ0) is 16.1. The van der Waals surface area contributed by atoms with Crippen molar-refractivity contribution in [3.05, 3.63) is 11.9 Å². The lowest BCUT2D eigenvalue weighted by molar-refractivity contribution is -0.000293. The molecule has 6 heteroatoms. The molecular weight excluding hydrogens is 292 g/mol. The van der Waals surface area contributed by atoms with Crippen molar-refractivity contribution < 1.29 is 9.53 Å². The monoisotopic (exact) mass is 320 g/mol. The molecule has 1 aromatic heterocycles. The normalized spacial score (nSPS) is 22.9. The van der Waals surface area contributed by atoms with Gasteiger partial charge in [-0.15, -0.1) is 5.10 Å². The van der Waals surface area contributed by atoms with Gasteiger partial charge in [0, 0.05) is 26.7 Å². The third-order valence-electron chi connectivity index (χ3n) is 5.03. The maximum absolute atomic E-state index is 12.5. The fourth-order valence-corrected chi connectivity index (χ4v) is 3.66. The first-order chi connectivity index (χ1) is 11.2. The number of carbonyl (C=O) groups excluding carboxylic acids is 1. The van der Waals surface area contributed by atoms with E-state index in [1.54, 1.807) is 11.1 Å². The zero-order valence-corrected chi connectivity index (χ0v) is 14.1. The number of carbonyl (C=O) groups is 1. The summed E-state index contributed by atoms with van der Waals surface area (Å²) in [6, 6.07) is 0. The highest BCUT2D eigenvalue weighted by molar-refractivity contribution is 5.91. The molecule has 2 heterocycles. The van der Waals surface area contributed by atoms with E-state index in [9.17, 15) is 4.79 Å². The van der Waals surface area contributed by atoms with Gasteiger partial charge in [0.1, 0.15) is 0 Å². The number of hydrogen-bond acceptors (Lipinski definition) is 4. The van der Waals surface area contributed by atoms with E-state index in [1.165, 1.54) is 38.5 Å². The summed E-state index contributed by atoms with van der Waals surface area (Å²) in [7, 11) is 1.82. The summed E-state index contributed by atoms with van der Waals surface area (Å²) in [4.78, 5) is 14.2. The molecule has 1 saturated heterocycles. The average molecular weight is 320 g/mol. The van der Waals surface area contributed by atoms with Gasteiger partial charge in [-0.25, -0.2) is 0 Å². The maximum atomic E-state index is 12.5. The van der Waals surface area contributed by atoms with Gasteiger partial charge in [0.25, 0.3) is 5.91 Å². The van der Waals surface area contributed by atoms with E-state index in [0.717, 1.165) is 26.0 Å². The topological polar surface area (TPSA) is 60.2 Å². The molecule has 1 amide bonds. The number of nitrogens with zero attached hydrogens (tertiary/aromatic N) is 4. The van der Waals surface area contributed by atoms with E-state index < -0.39 is 0 Å². The quantitative estimate of drug-likeness (QED) is 0.836. The van der Waals surface area contributed by atoms with Gasteiger partial charge in [-0.05, 0) is 38.0 Å². The Morgan fingerprint density at radius 2 is 2.04 bits per heavy atom. The first kappa shape index (κ1) is 16.4. The fourth-order valence-electron chi connectivity index (χ4n) is 3.66. The molecule has 1 saturated carbocycles. The van der Waals surface area contributed by atoms with Crippen molar-refractivity contribution in [3.8, 4) is 0 Å². The Bertz CT molecular complexity index is 504. The summed E-state index contributed by atoms with van der Waals surface area (Å²) in [6.45, 7) is 2.33. The second-order valence-electron chi connectivity index (χ2n) is 7.00. The Hall–Kier alpha value is -1.43. The Kier molecular flexibility index (Phi) is 5.65. The maximum Gasteiger partial charge on any atom is 0.275 e. The Morgan fingerprint density at radius 1 is 1.26 bits per heavy atom. The van der Waals surface area contributed by atoms with E-state index in [1.807, 2.05) is 11.7 Å². The highest BCUT2D eigenvalue weighted by atomic mass is 16.5. The summed E-state index contributed by atoms with van der Waals surface area (Å²) < 4.78 is 7.55. The van der Waals surface area contributed by atoms with E-state index in [4.69, 9.17) is 4.74 Å². The molecule has 23 heavy (non-hydrogen) atoms. The number of likely N-dealkylation sites (N-methyl/N-ethyl adjacent to an activating group) is 1. The van der Waals surface area contributed by atoms with Crippen LogP contribution in [0.25, 0.3) is 0 Å². The van der Waals surface area contributed by atoms with E-state index in [0.29, 0.717) is 18.2 Å². The number of aromatic nitrogens is 3. The number of ether oxygens (including phenoxy) is 1. The van der Waals surface area contributed by atoms with Gasteiger partial charge < -0.3 is 9.64 Å². The first-order valence-electron chi connectivity index (χ1n) is 8.99. The van der Waals surface area contributed by atoms with Crippen LogP contribution in [0.3, 0.4) is 0 Å². The van der Waals surface area contributed by atoms with Gasteiger partial charge in [-0.2, -0.15) is 0 Å². The van der Waals surface area contributed by atoms with Crippen molar-refractivity contribution in [1.82, 2.24) is 19.9 Å². The molecule has 1 aliphatic carbocycles. The molecule has 0 aromatic carbocycles. The van der Waals surface area contributed by atoms with Crippen molar-refractivity contribution in [2.75, 3.05) is 20.2 Å². The number of hydrogen-bond donors (Lipinski definition) is 0. The number of rotatable bonds is 5. The minimum atomic E-state index is -0.0610. The fraction of sp³-hybridized carbons (Fsp3) is 0.824. The van der Waals surface area contributed by atoms with Gasteiger partial charge in [0.05, 0.1) is 12.3 Å². The third-order valence-corrected chi connectivity index (χ3v) is 5.03. The van der Waals surface area contributed by atoms with Gasteiger partial charge in [-0.3, -0.25) is 9.48 Å². The predicted octanol–water partition coefficient (Wildman–Crippen LogP) is 2.50. The van der Waals surface area contributed by atoms with Crippen LogP contribution in [0.2, 0.25) is 0 Å². The second-order valence-corrected chi connectivity index (χ2v) is 7.00. The highest BCUT2D eigenvalue weighted by Gasteiger charge is 2.22. The van der Waals surface area contributed by atoms with Crippen LogP contribution >= 0.6 is 0 Å². The lowest BCUT2D eigenvalue weighted by atomic mass is 9.89. The second kappa shape index (κ2) is 7.90. The summed E-state index contributed by atoms with van der Waals surface area (Å²) >= 11 is 0. The van der Waals surface area contributed by atoms with E-state index >= 15 is 0 Å². The molecule has 0 radical (unpaired) electrons. The molecule has 1 aromatic rings. The molecule has 1 atom stereocenters. The summed E-state index contributed by atoms with van der Waals surface area (Å²) in [6.07, 6.45) is 11.8. The Morgan fingerprint density at radius 3 is 2.78 bits per heavy atom. The highest BCUT2D eigenvalue weighted by Crippen LogP contribution is 2.24. The smallest absolute Gasteiger partial charge is 0.275 e. The van der Waals surface area contributed by atoms with Crippen LogP contribution in [0, 0.1) is 5.92 Å². The van der Waals surface area contributed by atoms with Crippen LogP contribution in [0.15, 0.2) is 6.20 Å². The van der Waals surface area contributed by atoms with Crippen molar-refractivity contribution in [2.24, 2.45) is 5.92 Å². The van der Waals surface area contributed by atoms with Crippen molar-refractivity contribution >= 4 is 5.91 Å². The molecule has 1 aliphatic heterocycles. The molecule has 6 nitrogen and oxygen atoms in total. The Balaban J connectivity index is 1.52. The molecule has 2 fully saturated rings. The van der Waals surface area contributed by atoms with Gasteiger partial charge in [-0.1, -0.05) is 24.5 Å². The minimum Gasteiger partial charge on any atom is -0.376 e. The van der Waals surface area contributed by atoms with Crippen molar-refractivity contribution in [2.45, 2.75) is 64.0 Å². The molecule has 0 spiro atoms. The lowest BCUT2D eigenvalue weighted by Crippen LogP contribution is -2.37. The molecule has 0 unspecified atom stereocenters. The molecule has 128 valence electrons. The SMILES string of the molecule is CN(C[C@@H]1CCCCO1)C(=O)c1cn(CC2CCCCC2)nn1. The Labute approximate surface area is 138 Å². The summed E-state index contributed by atoms with van der Waals surface area (Å²) in [5.41, 5.74) is 0.444. The molecular formula is C17H28N4O2. The molecule has 2 aliphatic rings. The van der Waals surface area contributed by atoms with E-state index in [2.05, 4.69) is 10.3 Å². The first-order valence-corrected chi connectivity index (χ1v) is 8.99. The molecule has 3 rings (SSSR count). The largest absolute Gasteiger partial charge is 0.376 e. The van der Waals surface area contributed by atoms with E-state index in [-0.39, 0.29) is 12.0 Å². The van der Waals surface area contributed by atoms with Gasteiger partial charge in [0.15, 0.2) is 5.69 Å². The standard InChI is InChI=1S/C17H28N4O2/c1-20(12-15-9-5-6-10-23-15)17(22)16-13-21(19-18-16)11-14-7-3-2-4-8-14/h13-15H,2-12H2,1H3/t15-/m0/s1. The van der Waals surface area contributed by atoms with Crippen LogP contribution in [0.5, 0.6) is 0 Å². The van der Waals surface area contributed by atoms with Crippen LogP contribution in [-0.4, -0.2) is 52.1 Å². The lowest BCUT2D eigenvalue weighted by Gasteiger charge is -2.26. The van der Waals surface area contributed by atoms with Crippen molar-refractivity contribution in [3.63, 3.8) is 0 Å². The molecule has 0 bridgehead atoms. The van der Waals surface area contributed by atoms with Crippen molar-refractivity contribution in [1.29, 1.82) is 0 Å². The predicted molar refractivity (Wildman–Crippen MR) is 87.1 cm³/mol.